The lowest BCUT2D eigenvalue weighted by Crippen LogP contribution is -2.22. The monoisotopic (exact) mass is 313 g/mol. The Labute approximate surface area is 119 Å². The van der Waals surface area contributed by atoms with E-state index in [9.17, 15) is 0 Å². The van der Waals surface area contributed by atoms with Crippen LogP contribution in [0, 0.1) is 0 Å². The second kappa shape index (κ2) is 7.80. The summed E-state index contributed by atoms with van der Waals surface area (Å²) in [6, 6.07) is 6.37. The van der Waals surface area contributed by atoms with E-state index in [1.54, 1.807) is 0 Å². The van der Waals surface area contributed by atoms with Crippen LogP contribution in [-0.4, -0.2) is 12.1 Å². The molecule has 0 aliphatic heterocycles. The van der Waals surface area contributed by atoms with Gasteiger partial charge in [0, 0.05) is 6.04 Å². The van der Waals surface area contributed by atoms with Gasteiger partial charge in [0.15, 0.2) is 0 Å². The van der Waals surface area contributed by atoms with Crippen LogP contribution in [0.3, 0.4) is 0 Å². The van der Waals surface area contributed by atoms with Crippen molar-refractivity contribution in [3.05, 3.63) is 28.2 Å². The summed E-state index contributed by atoms with van der Waals surface area (Å²) in [7, 11) is 0. The van der Waals surface area contributed by atoms with Crippen LogP contribution >= 0.6 is 15.9 Å². The van der Waals surface area contributed by atoms with Crippen LogP contribution in [0.2, 0.25) is 0 Å². The number of para-hydroxylation sites is 1. The van der Waals surface area contributed by atoms with E-state index in [0.29, 0.717) is 0 Å². The fourth-order valence-corrected chi connectivity index (χ4v) is 2.44. The van der Waals surface area contributed by atoms with E-state index >= 15 is 0 Å². The van der Waals surface area contributed by atoms with E-state index in [1.165, 1.54) is 5.56 Å². The van der Waals surface area contributed by atoms with Gasteiger partial charge in [0.1, 0.15) is 5.75 Å². The van der Waals surface area contributed by atoms with Crippen LogP contribution in [0.4, 0.5) is 0 Å². The molecule has 0 spiro atoms. The van der Waals surface area contributed by atoms with Crippen LogP contribution < -0.4 is 10.5 Å². The fraction of sp³-hybridized carbons (Fsp3) is 0.600. The smallest absolute Gasteiger partial charge is 0.137 e. The van der Waals surface area contributed by atoms with Gasteiger partial charge in [0.2, 0.25) is 0 Å². The second-order valence-corrected chi connectivity index (χ2v) is 5.67. The standard InChI is InChI=1S/C15H24BrNO/c1-4-7-11(3)18-15-12(10-13(17)5-2)8-6-9-14(15)16/h6,8-9,11,13H,4-5,7,10,17H2,1-3H3. The summed E-state index contributed by atoms with van der Waals surface area (Å²) < 4.78 is 7.08. The number of rotatable bonds is 7. The first-order valence-corrected chi connectivity index (χ1v) is 7.57. The van der Waals surface area contributed by atoms with Gasteiger partial charge in [-0.2, -0.15) is 0 Å². The Kier molecular flexibility index (Phi) is 6.72. The highest BCUT2D eigenvalue weighted by atomic mass is 79.9. The minimum atomic E-state index is 0.197. The molecule has 2 atom stereocenters. The molecule has 0 amide bonds. The lowest BCUT2D eigenvalue weighted by atomic mass is 10.0. The SMILES string of the molecule is CCCC(C)Oc1c(Br)cccc1CC(N)CC. The molecule has 2 nitrogen and oxygen atoms in total. The highest BCUT2D eigenvalue weighted by Crippen LogP contribution is 2.31. The molecule has 1 rings (SSSR count). The molecule has 0 aliphatic rings. The third-order valence-electron chi connectivity index (χ3n) is 3.07. The van der Waals surface area contributed by atoms with Crippen molar-refractivity contribution < 1.29 is 4.74 Å². The second-order valence-electron chi connectivity index (χ2n) is 4.82. The van der Waals surface area contributed by atoms with Crippen LogP contribution in [0.5, 0.6) is 5.75 Å². The van der Waals surface area contributed by atoms with Gasteiger partial charge in [-0.25, -0.2) is 0 Å². The average Bonchev–Trinajstić information content (AvgIpc) is 2.33. The number of hydrogen-bond donors (Lipinski definition) is 1. The number of hydrogen-bond acceptors (Lipinski definition) is 2. The quantitative estimate of drug-likeness (QED) is 0.814. The minimum Gasteiger partial charge on any atom is -0.489 e. The van der Waals surface area contributed by atoms with Crippen molar-refractivity contribution in [2.24, 2.45) is 5.73 Å². The summed E-state index contributed by atoms with van der Waals surface area (Å²) in [5.74, 6) is 0.961. The van der Waals surface area contributed by atoms with Gasteiger partial charge in [-0.3, -0.25) is 0 Å². The molecule has 0 radical (unpaired) electrons. The van der Waals surface area contributed by atoms with Gasteiger partial charge in [-0.15, -0.1) is 0 Å². The van der Waals surface area contributed by atoms with Gasteiger partial charge in [0.05, 0.1) is 10.6 Å². The van der Waals surface area contributed by atoms with E-state index in [0.717, 1.165) is 35.9 Å². The zero-order valence-corrected chi connectivity index (χ0v) is 13.2. The van der Waals surface area contributed by atoms with Crippen molar-refractivity contribution in [1.82, 2.24) is 0 Å². The Morgan fingerprint density at radius 3 is 2.67 bits per heavy atom. The third kappa shape index (κ3) is 4.62. The van der Waals surface area contributed by atoms with E-state index in [-0.39, 0.29) is 12.1 Å². The number of benzene rings is 1. The lowest BCUT2D eigenvalue weighted by Gasteiger charge is -2.19. The molecule has 0 saturated carbocycles. The number of halogens is 1. The molecule has 1 aromatic rings. The molecule has 3 heteroatoms. The molecule has 18 heavy (non-hydrogen) atoms. The Morgan fingerprint density at radius 1 is 1.33 bits per heavy atom. The maximum absolute atomic E-state index is 6.06. The summed E-state index contributed by atoms with van der Waals surface area (Å²) in [6.45, 7) is 6.41. The minimum absolute atomic E-state index is 0.197. The van der Waals surface area contributed by atoms with Gasteiger partial charge in [-0.05, 0) is 53.7 Å². The zero-order valence-electron chi connectivity index (χ0n) is 11.6. The summed E-state index contributed by atoms with van der Waals surface area (Å²) in [5, 5.41) is 0. The highest BCUT2D eigenvalue weighted by molar-refractivity contribution is 9.10. The molecule has 0 heterocycles. The summed E-state index contributed by atoms with van der Waals surface area (Å²) in [6.07, 6.45) is 4.29. The van der Waals surface area contributed by atoms with E-state index < -0.39 is 0 Å². The number of nitrogens with two attached hydrogens (primary N) is 1. The molecule has 0 saturated heterocycles. The zero-order chi connectivity index (χ0) is 13.5. The Bertz CT molecular complexity index is 368. The first kappa shape index (κ1) is 15.5. The summed E-state index contributed by atoms with van der Waals surface area (Å²) in [5.41, 5.74) is 7.24. The van der Waals surface area contributed by atoms with Crippen LogP contribution in [0.15, 0.2) is 22.7 Å². The maximum Gasteiger partial charge on any atom is 0.137 e. The van der Waals surface area contributed by atoms with Crippen molar-refractivity contribution in [3.8, 4) is 5.75 Å². The van der Waals surface area contributed by atoms with E-state index in [4.69, 9.17) is 10.5 Å². The van der Waals surface area contributed by atoms with Crippen molar-refractivity contribution in [3.63, 3.8) is 0 Å². The summed E-state index contributed by atoms with van der Waals surface area (Å²) >= 11 is 3.57. The normalized spacial score (nSPS) is 14.3. The van der Waals surface area contributed by atoms with Crippen molar-refractivity contribution >= 4 is 15.9 Å². The van der Waals surface area contributed by atoms with E-state index in [2.05, 4.69) is 42.8 Å². The van der Waals surface area contributed by atoms with Gasteiger partial charge in [0.25, 0.3) is 0 Å². The Hall–Kier alpha value is -0.540. The third-order valence-corrected chi connectivity index (χ3v) is 3.69. The molecule has 1 aromatic carbocycles. The molecule has 0 aromatic heterocycles. The average molecular weight is 314 g/mol. The molecule has 0 bridgehead atoms. The first-order valence-electron chi connectivity index (χ1n) is 6.78. The maximum atomic E-state index is 6.06. The Morgan fingerprint density at radius 2 is 2.06 bits per heavy atom. The lowest BCUT2D eigenvalue weighted by molar-refractivity contribution is 0.206. The predicted octanol–water partition coefficient (Wildman–Crippen LogP) is 4.30. The fourth-order valence-electron chi connectivity index (χ4n) is 1.94. The molecular formula is C15H24BrNO. The van der Waals surface area contributed by atoms with Crippen LogP contribution in [0.25, 0.3) is 0 Å². The van der Waals surface area contributed by atoms with Crippen molar-refractivity contribution in [2.45, 2.75) is 58.6 Å². The molecule has 2 N–H and O–H groups in total. The summed E-state index contributed by atoms with van der Waals surface area (Å²) in [4.78, 5) is 0. The molecule has 0 fully saturated rings. The molecule has 2 unspecified atom stereocenters. The molecular weight excluding hydrogens is 290 g/mol. The van der Waals surface area contributed by atoms with E-state index in [1.807, 2.05) is 12.1 Å². The first-order chi connectivity index (χ1) is 8.58. The van der Waals surface area contributed by atoms with Gasteiger partial charge < -0.3 is 10.5 Å². The van der Waals surface area contributed by atoms with Crippen molar-refractivity contribution in [1.29, 1.82) is 0 Å². The van der Waals surface area contributed by atoms with Crippen molar-refractivity contribution in [2.75, 3.05) is 0 Å². The van der Waals surface area contributed by atoms with Gasteiger partial charge in [-0.1, -0.05) is 32.4 Å². The number of ether oxygens (including phenoxy) is 1. The molecule has 0 aliphatic carbocycles. The van der Waals surface area contributed by atoms with Gasteiger partial charge >= 0.3 is 0 Å². The predicted molar refractivity (Wildman–Crippen MR) is 81.1 cm³/mol. The Balaban J connectivity index is 2.86. The largest absolute Gasteiger partial charge is 0.489 e. The van der Waals surface area contributed by atoms with Crippen LogP contribution in [0.1, 0.15) is 45.6 Å². The molecule has 102 valence electrons. The topological polar surface area (TPSA) is 35.2 Å². The highest BCUT2D eigenvalue weighted by Gasteiger charge is 2.13. The van der Waals surface area contributed by atoms with Crippen LogP contribution in [-0.2, 0) is 6.42 Å².